The van der Waals surface area contributed by atoms with Gasteiger partial charge in [0, 0.05) is 12.5 Å². The van der Waals surface area contributed by atoms with Gasteiger partial charge in [0.1, 0.15) is 6.61 Å². The fourth-order valence-electron chi connectivity index (χ4n) is 5.22. The van der Waals surface area contributed by atoms with Gasteiger partial charge in [0.15, 0.2) is 6.10 Å². The molecule has 35 heavy (non-hydrogen) atoms. The van der Waals surface area contributed by atoms with Gasteiger partial charge >= 0.3 is 12.1 Å². The van der Waals surface area contributed by atoms with Crippen molar-refractivity contribution in [2.45, 2.75) is 44.1 Å². The maximum absolute atomic E-state index is 12.7. The highest BCUT2D eigenvalue weighted by molar-refractivity contribution is 5.81. The molecule has 2 aromatic carbocycles. The van der Waals surface area contributed by atoms with E-state index < -0.39 is 24.1 Å². The van der Waals surface area contributed by atoms with Crippen LogP contribution in [0.3, 0.4) is 0 Å². The molecule has 0 saturated heterocycles. The van der Waals surface area contributed by atoms with E-state index in [2.05, 4.69) is 34.9 Å². The molecule has 0 spiro atoms. The Morgan fingerprint density at radius 3 is 2.11 bits per heavy atom. The summed E-state index contributed by atoms with van der Waals surface area (Å²) in [6.45, 7) is -0.105. The Hall–Kier alpha value is -3.39. The first-order valence-electron chi connectivity index (χ1n) is 12.2. The van der Waals surface area contributed by atoms with Crippen molar-refractivity contribution >= 4 is 18.0 Å². The predicted molar refractivity (Wildman–Crippen MR) is 130 cm³/mol. The molecular weight excluding hydrogens is 448 g/mol. The Morgan fingerprint density at radius 1 is 0.914 bits per heavy atom. The molecule has 0 aromatic heterocycles. The number of hydrogen-bond donors (Lipinski definition) is 4. The van der Waals surface area contributed by atoms with Crippen LogP contribution in [0.2, 0.25) is 0 Å². The number of nitrogens with one attached hydrogen (secondary N) is 2. The summed E-state index contributed by atoms with van der Waals surface area (Å²) in [5, 5.41) is 23.5. The second kappa shape index (κ2) is 11.4. The molecule has 0 heterocycles. The minimum atomic E-state index is -1.67. The average Bonchev–Trinajstić information content (AvgIpc) is 3.49. The summed E-state index contributed by atoms with van der Waals surface area (Å²) in [4.78, 5) is 36.1. The van der Waals surface area contributed by atoms with Crippen LogP contribution < -0.4 is 10.6 Å². The van der Waals surface area contributed by atoms with Crippen LogP contribution in [-0.2, 0) is 14.3 Å². The number of fused-ring (bicyclic) bond motifs is 3. The minimum absolute atomic E-state index is 0.0526. The number of carbonyl (C=O) groups is 3. The molecule has 2 aliphatic carbocycles. The van der Waals surface area contributed by atoms with Crippen LogP contribution in [0.5, 0.6) is 0 Å². The molecule has 2 unspecified atom stereocenters. The Bertz CT molecular complexity index is 1020. The first kappa shape index (κ1) is 24.7. The van der Waals surface area contributed by atoms with Crippen molar-refractivity contribution in [2.75, 3.05) is 19.7 Å². The van der Waals surface area contributed by atoms with E-state index in [1.165, 1.54) is 0 Å². The minimum Gasteiger partial charge on any atom is -0.479 e. The Kier molecular flexibility index (Phi) is 8.02. The highest BCUT2D eigenvalue weighted by Crippen LogP contribution is 2.44. The third-order valence-corrected chi connectivity index (χ3v) is 7.05. The number of carboxylic acid groups (broad SMARTS) is 1. The van der Waals surface area contributed by atoms with E-state index in [4.69, 9.17) is 9.84 Å². The SMILES string of the molecule is O=C(NCC(CC1CCCC1)C(=O)NCC(O)C(=O)O)OCC1c2ccccc2-c2ccccc21. The summed E-state index contributed by atoms with van der Waals surface area (Å²) in [7, 11) is 0. The quantitative estimate of drug-likeness (QED) is 0.414. The molecule has 8 heteroatoms. The number of aliphatic carboxylic acids is 1. The molecule has 0 radical (unpaired) electrons. The molecule has 2 aliphatic rings. The molecular formula is C27H32N2O6. The van der Waals surface area contributed by atoms with E-state index in [9.17, 15) is 19.5 Å². The van der Waals surface area contributed by atoms with Gasteiger partial charge < -0.3 is 25.6 Å². The monoisotopic (exact) mass is 480 g/mol. The molecule has 4 rings (SSSR count). The molecule has 0 aliphatic heterocycles. The number of benzene rings is 2. The van der Waals surface area contributed by atoms with Gasteiger partial charge in [-0.2, -0.15) is 0 Å². The van der Waals surface area contributed by atoms with Gasteiger partial charge in [0.05, 0.1) is 12.5 Å². The van der Waals surface area contributed by atoms with Gasteiger partial charge in [-0.05, 0) is 34.6 Å². The van der Waals surface area contributed by atoms with Crippen molar-refractivity contribution in [2.24, 2.45) is 11.8 Å². The Morgan fingerprint density at radius 2 is 1.51 bits per heavy atom. The number of aliphatic hydroxyl groups excluding tert-OH is 1. The zero-order valence-electron chi connectivity index (χ0n) is 19.6. The van der Waals surface area contributed by atoms with Gasteiger partial charge in [-0.1, -0.05) is 74.2 Å². The molecule has 2 amide bonds. The van der Waals surface area contributed by atoms with Gasteiger partial charge in [-0.25, -0.2) is 9.59 Å². The Labute approximate surface area is 204 Å². The lowest BCUT2D eigenvalue weighted by molar-refractivity contribution is -0.146. The van der Waals surface area contributed by atoms with Crippen LogP contribution in [0, 0.1) is 11.8 Å². The largest absolute Gasteiger partial charge is 0.479 e. The summed E-state index contributed by atoms with van der Waals surface area (Å²) >= 11 is 0. The highest BCUT2D eigenvalue weighted by Gasteiger charge is 2.30. The molecule has 1 saturated carbocycles. The van der Waals surface area contributed by atoms with Crippen LogP contribution in [0.1, 0.15) is 49.1 Å². The lowest BCUT2D eigenvalue weighted by Crippen LogP contribution is -2.43. The molecule has 2 aromatic rings. The van der Waals surface area contributed by atoms with Gasteiger partial charge in [-0.3, -0.25) is 4.79 Å². The van der Waals surface area contributed by atoms with Crippen molar-refractivity contribution in [1.29, 1.82) is 0 Å². The summed E-state index contributed by atoms with van der Waals surface area (Å²) in [6, 6.07) is 16.2. The molecule has 186 valence electrons. The molecule has 2 atom stereocenters. The average molecular weight is 481 g/mol. The molecule has 8 nitrogen and oxygen atoms in total. The van der Waals surface area contributed by atoms with E-state index in [-0.39, 0.29) is 31.5 Å². The molecule has 1 fully saturated rings. The third kappa shape index (κ3) is 6.00. The smallest absolute Gasteiger partial charge is 0.407 e. The highest BCUT2D eigenvalue weighted by atomic mass is 16.5. The van der Waals surface area contributed by atoms with Crippen LogP contribution in [0.25, 0.3) is 11.1 Å². The molecule has 4 N–H and O–H groups in total. The van der Waals surface area contributed by atoms with E-state index in [1.54, 1.807) is 0 Å². The number of ether oxygens (including phenoxy) is 1. The number of carbonyl (C=O) groups excluding carboxylic acids is 2. The van der Waals surface area contributed by atoms with E-state index in [1.807, 2.05) is 24.3 Å². The number of carboxylic acids is 1. The van der Waals surface area contributed by atoms with Gasteiger partial charge in [0.25, 0.3) is 0 Å². The number of hydrogen-bond acceptors (Lipinski definition) is 5. The van der Waals surface area contributed by atoms with Crippen molar-refractivity contribution in [3.8, 4) is 11.1 Å². The first-order chi connectivity index (χ1) is 16.9. The topological polar surface area (TPSA) is 125 Å². The fraction of sp³-hybridized carbons (Fsp3) is 0.444. The van der Waals surface area contributed by atoms with Crippen LogP contribution in [-0.4, -0.2) is 54.0 Å². The summed E-state index contributed by atoms with van der Waals surface area (Å²) in [5.41, 5.74) is 4.54. The van der Waals surface area contributed by atoms with Crippen molar-refractivity contribution in [3.63, 3.8) is 0 Å². The standard InChI is InChI=1S/C27H32N2O6/c30-24(26(32)33)15-28-25(31)18(13-17-7-1-2-8-17)14-29-27(34)35-16-23-21-11-5-3-9-19(21)20-10-4-6-12-22(20)23/h3-6,9-12,17-18,23-24,30H,1-2,7-8,13-16H2,(H,28,31)(H,29,34)(H,32,33). The van der Waals surface area contributed by atoms with E-state index in [0.29, 0.717) is 12.3 Å². The maximum Gasteiger partial charge on any atom is 0.407 e. The van der Waals surface area contributed by atoms with Crippen LogP contribution in [0.4, 0.5) is 4.79 Å². The summed E-state index contributed by atoms with van der Waals surface area (Å²) in [6.07, 6.45) is 2.65. The number of rotatable bonds is 10. The lowest BCUT2D eigenvalue weighted by Gasteiger charge is -2.21. The predicted octanol–water partition coefficient (Wildman–Crippen LogP) is 3.28. The van der Waals surface area contributed by atoms with Gasteiger partial charge in [-0.15, -0.1) is 0 Å². The summed E-state index contributed by atoms with van der Waals surface area (Å²) in [5.74, 6) is -1.96. The van der Waals surface area contributed by atoms with Crippen molar-refractivity contribution in [1.82, 2.24) is 10.6 Å². The van der Waals surface area contributed by atoms with Crippen molar-refractivity contribution < 1.29 is 29.3 Å². The zero-order valence-corrected chi connectivity index (χ0v) is 19.6. The van der Waals surface area contributed by atoms with Gasteiger partial charge in [0.2, 0.25) is 5.91 Å². The fourth-order valence-corrected chi connectivity index (χ4v) is 5.22. The zero-order chi connectivity index (χ0) is 24.8. The van der Waals surface area contributed by atoms with Crippen LogP contribution in [0.15, 0.2) is 48.5 Å². The lowest BCUT2D eigenvalue weighted by atomic mass is 9.92. The van der Waals surface area contributed by atoms with E-state index in [0.717, 1.165) is 47.9 Å². The number of aliphatic hydroxyl groups is 1. The summed E-state index contributed by atoms with van der Waals surface area (Å²) < 4.78 is 5.57. The number of alkyl carbamates (subject to hydrolysis) is 1. The second-order valence-electron chi connectivity index (χ2n) is 9.39. The normalized spacial score (nSPS) is 16.7. The van der Waals surface area contributed by atoms with Crippen molar-refractivity contribution in [3.05, 3.63) is 59.7 Å². The van der Waals surface area contributed by atoms with E-state index >= 15 is 0 Å². The molecule has 0 bridgehead atoms. The van der Waals surface area contributed by atoms with Crippen LogP contribution >= 0.6 is 0 Å². The third-order valence-electron chi connectivity index (χ3n) is 7.05. The first-order valence-corrected chi connectivity index (χ1v) is 12.2. The number of amides is 2. The Balaban J connectivity index is 1.33. The maximum atomic E-state index is 12.7. The second-order valence-corrected chi connectivity index (χ2v) is 9.39.